The van der Waals surface area contributed by atoms with E-state index in [0.29, 0.717) is 9.93 Å². The van der Waals surface area contributed by atoms with Crippen LogP contribution in [-0.2, 0) is 4.79 Å². The maximum atomic E-state index is 12.2. The number of amides is 2. The van der Waals surface area contributed by atoms with Crippen LogP contribution < -0.4 is 0 Å². The molecule has 1 saturated heterocycles. The van der Waals surface area contributed by atoms with E-state index in [1.807, 2.05) is 35.0 Å². The summed E-state index contributed by atoms with van der Waals surface area (Å²) in [5.74, 6) is 1.96. The molecule has 0 atom stereocenters. The van der Waals surface area contributed by atoms with Crippen LogP contribution in [0.5, 0.6) is 0 Å². The molecular formula is C17H11ClN2O2S. The average molecular weight is 343 g/mol. The van der Waals surface area contributed by atoms with Gasteiger partial charge in [-0.1, -0.05) is 17.5 Å². The number of halogens is 1. The van der Waals surface area contributed by atoms with Gasteiger partial charge in [-0.05, 0) is 54.2 Å². The van der Waals surface area contributed by atoms with Crippen LogP contribution in [-0.4, -0.2) is 27.2 Å². The van der Waals surface area contributed by atoms with Crippen LogP contribution >= 0.6 is 23.4 Å². The highest BCUT2D eigenvalue weighted by Gasteiger charge is 2.34. The lowest BCUT2D eigenvalue weighted by Gasteiger charge is -2.08. The Balaban J connectivity index is 1.94. The predicted molar refractivity (Wildman–Crippen MR) is 92.3 cm³/mol. The molecular weight excluding hydrogens is 332 g/mol. The number of rotatable bonds is 3. The minimum Gasteiger partial charge on any atom is -0.317 e. The van der Waals surface area contributed by atoms with E-state index in [1.54, 1.807) is 18.2 Å². The monoisotopic (exact) mass is 342 g/mol. The zero-order chi connectivity index (χ0) is 16.4. The summed E-state index contributed by atoms with van der Waals surface area (Å²) >= 11 is 6.80. The highest BCUT2D eigenvalue weighted by atomic mass is 35.5. The average Bonchev–Trinajstić information content (AvgIpc) is 3.09. The number of nitrogens with zero attached hydrogens (tertiary/aromatic N) is 2. The molecule has 0 bridgehead atoms. The summed E-state index contributed by atoms with van der Waals surface area (Å²) in [5.41, 5.74) is 1.70. The molecule has 0 spiro atoms. The predicted octanol–water partition coefficient (Wildman–Crippen LogP) is 3.80. The van der Waals surface area contributed by atoms with Crippen molar-refractivity contribution in [3.8, 4) is 18.0 Å². The molecule has 0 aliphatic carbocycles. The molecule has 1 aliphatic rings. The molecule has 4 nitrogen and oxygen atoms in total. The number of aromatic nitrogens is 1. The largest absolute Gasteiger partial charge is 0.317 e. The van der Waals surface area contributed by atoms with Crippen LogP contribution in [0.15, 0.2) is 47.5 Å². The quantitative estimate of drug-likeness (QED) is 0.629. The number of benzene rings is 1. The first-order valence-corrected chi connectivity index (χ1v) is 7.92. The van der Waals surface area contributed by atoms with Crippen LogP contribution in [0.25, 0.3) is 11.8 Å². The Morgan fingerprint density at radius 3 is 2.65 bits per heavy atom. The molecule has 3 rings (SSSR count). The molecule has 2 aromatic rings. The van der Waals surface area contributed by atoms with Gasteiger partial charge in [0.15, 0.2) is 0 Å². The maximum absolute atomic E-state index is 12.2. The van der Waals surface area contributed by atoms with Crippen LogP contribution in [0, 0.1) is 12.3 Å². The highest BCUT2D eigenvalue weighted by Crippen LogP contribution is 2.32. The zero-order valence-corrected chi connectivity index (χ0v) is 13.5. The van der Waals surface area contributed by atoms with Crippen LogP contribution in [0.2, 0.25) is 5.02 Å². The first-order valence-electron chi connectivity index (χ1n) is 6.72. The molecule has 1 fully saturated rings. The van der Waals surface area contributed by atoms with E-state index >= 15 is 0 Å². The van der Waals surface area contributed by atoms with Crippen LogP contribution in [0.1, 0.15) is 5.69 Å². The summed E-state index contributed by atoms with van der Waals surface area (Å²) in [6, 6.07) is 11.1. The summed E-state index contributed by atoms with van der Waals surface area (Å²) < 4.78 is 1.91. The van der Waals surface area contributed by atoms with E-state index in [1.165, 1.54) is 0 Å². The molecule has 1 aromatic carbocycles. The first kappa shape index (κ1) is 15.5. The fourth-order valence-corrected chi connectivity index (χ4v) is 3.16. The van der Waals surface area contributed by atoms with E-state index in [4.69, 9.17) is 18.0 Å². The number of carbonyl (C=O) groups is 2. The molecule has 0 saturated carbocycles. The lowest BCUT2D eigenvalue weighted by Crippen LogP contribution is -2.28. The van der Waals surface area contributed by atoms with Crippen molar-refractivity contribution in [3.63, 3.8) is 0 Å². The second kappa shape index (κ2) is 6.37. The van der Waals surface area contributed by atoms with Gasteiger partial charge in [0.25, 0.3) is 11.1 Å². The Bertz CT molecular complexity index is 846. The second-order valence-corrected chi connectivity index (χ2v) is 6.18. The van der Waals surface area contributed by atoms with Crippen molar-refractivity contribution in [2.75, 3.05) is 6.54 Å². The third-order valence-electron chi connectivity index (χ3n) is 3.29. The van der Waals surface area contributed by atoms with Gasteiger partial charge < -0.3 is 4.57 Å². The van der Waals surface area contributed by atoms with Crippen molar-refractivity contribution in [2.45, 2.75) is 0 Å². The van der Waals surface area contributed by atoms with E-state index in [9.17, 15) is 9.59 Å². The number of hydrogen-bond donors (Lipinski definition) is 0. The van der Waals surface area contributed by atoms with Gasteiger partial charge >= 0.3 is 0 Å². The molecule has 114 valence electrons. The lowest BCUT2D eigenvalue weighted by atomic mass is 10.3. The van der Waals surface area contributed by atoms with Crippen LogP contribution in [0.3, 0.4) is 0 Å². The number of thioether (sulfide) groups is 1. The van der Waals surface area contributed by atoms with Gasteiger partial charge in [-0.2, -0.15) is 0 Å². The molecule has 2 amide bonds. The summed E-state index contributed by atoms with van der Waals surface area (Å²) in [7, 11) is 0. The van der Waals surface area contributed by atoms with E-state index in [2.05, 4.69) is 5.92 Å². The van der Waals surface area contributed by atoms with Crippen LogP contribution in [0.4, 0.5) is 4.79 Å². The van der Waals surface area contributed by atoms with Crippen molar-refractivity contribution in [1.29, 1.82) is 0 Å². The van der Waals surface area contributed by atoms with E-state index < -0.39 is 0 Å². The standard InChI is InChI=1S/C17H11ClN2O2S/c1-2-9-20-16(21)15(23-17(20)22)11-14-4-3-10-19(14)13-7-5-12(18)6-8-13/h1,3-8,10-11H,9H2. The highest BCUT2D eigenvalue weighted by molar-refractivity contribution is 8.18. The molecule has 23 heavy (non-hydrogen) atoms. The Hall–Kier alpha value is -2.42. The minimum absolute atomic E-state index is 0.0137. The smallest absolute Gasteiger partial charge is 0.294 e. The fourth-order valence-electron chi connectivity index (χ4n) is 2.21. The van der Waals surface area contributed by atoms with Gasteiger partial charge in [-0.15, -0.1) is 6.42 Å². The SMILES string of the molecule is C#CCN1C(=O)SC(=Cc2cccn2-c2ccc(Cl)cc2)C1=O. The summed E-state index contributed by atoms with van der Waals surface area (Å²) in [6.45, 7) is -0.0137. The van der Waals surface area contributed by atoms with Crippen molar-refractivity contribution in [3.05, 3.63) is 58.2 Å². The molecule has 2 heterocycles. The third-order valence-corrected chi connectivity index (χ3v) is 4.45. The summed E-state index contributed by atoms with van der Waals surface area (Å²) in [6.07, 6.45) is 8.75. The Kier molecular flexibility index (Phi) is 4.28. The van der Waals surface area contributed by atoms with Gasteiger partial charge in [-0.25, -0.2) is 0 Å². The fraction of sp³-hybridized carbons (Fsp3) is 0.0588. The Labute approximate surface area is 142 Å². The molecule has 6 heteroatoms. The second-order valence-electron chi connectivity index (χ2n) is 4.75. The third kappa shape index (κ3) is 3.04. The molecule has 0 unspecified atom stereocenters. The van der Waals surface area contributed by atoms with Crippen molar-refractivity contribution in [1.82, 2.24) is 9.47 Å². The lowest BCUT2D eigenvalue weighted by molar-refractivity contribution is -0.122. The zero-order valence-electron chi connectivity index (χ0n) is 11.9. The van der Waals surface area contributed by atoms with Gasteiger partial charge in [0, 0.05) is 22.6 Å². The number of hydrogen-bond acceptors (Lipinski definition) is 3. The Morgan fingerprint density at radius 1 is 1.22 bits per heavy atom. The maximum Gasteiger partial charge on any atom is 0.294 e. The number of imide groups is 1. The van der Waals surface area contributed by atoms with Crippen molar-refractivity contribution in [2.24, 2.45) is 0 Å². The van der Waals surface area contributed by atoms with E-state index in [0.717, 1.165) is 28.0 Å². The van der Waals surface area contributed by atoms with E-state index in [-0.39, 0.29) is 17.7 Å². The molecule has 0 radical (unpaired) electrons. The number of carbonyl (C=O) groups excluding carboxylic acids is 2. The van der Waals surface area contributed by atoms with Gasteiger partial charge in [0.2, 0.25) is 0 Å². The minimum atomic E-state index is -0.359. The molecule has 0 N–H and O–H groups in total. The molecule has 1 aromatic heterocycles. The summed E-state index contributed by atoms with van der Waals surface area (Å²) in [5, 5.41) is 0.307. The van der Waals surface area contributed by atoms with Gasteiger partial charge in [0.1, 0.15) is 0 Å². The molecule has 1 aliphatic heterocycles. The summed E-state index contributed by atoms with van der Waals surface area (Å²) in [4.78, 5) is 25.5. The van der Waals surface area contributed by atoms with Gasteiger partial charge in [0.05, 0.1) is 11.4 Å². The van der Waals surface area contributed by atoms with Crippen molar-refractivity contribution < 1.29 is 9.59 Å². The number of terminal acetylenes is 1. The normalized spacial score (nSPS) is 16.2. The van der Waals surface area contributed by atoms with Gasteiger partial charge in [-0.3, -0.25) is 14.5 Å². The Morgan fingerprint density at radius 2 is 1.96 bits per heavy atom. The first-order chi connectivity index (χ1) is 11.1. The van der Waals surface area contributed by atoms with Crippen molar-refractivity contribution >= 4 is 40.6 Å². The topological polar surface area (TPSA) is 42.3 Å².